The summed E-state index contributed by atoms with van der Waals surface area (Å²) in [5.74, 6) is -5.87. The summed E-state index contributed by atoms with van der Waals surface area (Å²) in [6, 6.07) is 14.7. The van der Waals surface area contributed by atoms with Crippen molar-refractivity contribution in [2.24, 2.45) is 17.8 Å². The van der Waals surface area contributed by atoms with Gasteiger partial charge in [-0.15, -0.1) is 0 Å². The fourth-order valence-corrected chi connectivity index (χ4v) is 3.93. The Morgan fingerprint density at radius 2 is 1.79 bits per heavy atom. The highest BCUT2D eigenvalue weighted by Gasteiger charge is 2.62. The number of rotatable bonds is 7. The van der Waals surface area contributed by atoms with Crippen molar-refractivity contribution in [3.8, 4) is 5.69 Å². The molecular weight excluding hydrogens is 453 g/mol. The van der Waals surface area contributed by atoms with Crippen LogP contribution in [0.25, 0.3) is 5.69 Å². The first kappa shape index (κ1) is 22.5. The van der Waals surface area contributed by atoms with Gasteiger partial charge in [-0.05, 0) is 42.5 Å². The van der Waals surface area contributed by atoms with Gasteiger partial charge in [-0.1, -0.05) is 17.7 Å². The van der Waals surface area contributed by atoms with Crippen molar-refractivity contribution < 1.29 is 24.2 Å². The van der Waals surface area contributed by atoms with Crippen LogP contribution in [0.3, 0.4) is 0 Å². The number of hydrogen-bond acceptors (Lipinski definition) is 5. The number of nitrogens with zero attached hydrogens (tertiary/aromatic N) is 1. The van der Waals surface area contributed by atoms with Gasteiger partial charge in [0.2, 0.25) is 5.91 Å². The Bertz CT molecular complexity index is 1260. The summed E-state index contributed by atoms with van der Waals surface area (Å²) in [4.78, 5) is 36.2. The first-order chi connectivity index (χ1) is 15.8. The summed E-state index contributed by atoms with van der Waals surface area (Å²) in [6.07, 6.45) is 0.164. The van der Waals surface area contributed by atoms with Crippen LogP contribution in [0, 0.1) is 23.6 Å². The molecule has 2 aromatic carbocycles. The van der Waals surface area contributed by atoms with Crippen LogP contribution in [0.2, 0.25) is 5.02 Å². The van der Waals surface area contributed by atoms with E-state index in [1.165, 1.54) is 29.0 Å². The molecule has 4 N–H and O–H groups in total. The number of benzene rings is 2. The van der Waals surface area contributed by atoms with E-state index in [4.69, 9.17) is 11.6 Å². The Balaban J connectivity index is 1.48. The van der Waals surface area contributed by atoms with Crippen LogP contribution < -0.4 is 16.2 Å². The van der Waals surface area contributed by atoms with E-state index in [0.29, 0.717) is 10.7 Å². The van der Waals surface area contributed by atoms with Gasteiger partial charge in [-0.2, -0.15) is 0 Å². The normalized spacial score (nSPS) is 20.0. The molecule has 8 nitrogen and oxygen atoms in total. The second-order valence-corrected chi connectivity index (χ2v) is 8.06. The summed E-state index contributed by atoms with van der Waals surface area (Å²) < 4.78 is 15.9. The maximum Gasteiger partial charge on any atom is 0.307 e. The Morgan fingerprint density at radius 1 is 1.06 bits per heavy atom. The third-order valence-corrected chi connectivity index (χ3v) is 5.75. The van der Waals surface area contributed by atoms with E-state index in [-0.39, 0.29) is 16.9 Å². The zero-order valence-electron chi connectivity index (χ0n) is 17.0. The minimum absolute atomic E-state index is 0.164. The molecular formula is C23H19ClFN3O5. The molecule has 4 rings (SSSR count). The molecule has 1 aliphatic carbocycles. The van der Waals surface area contributed by atoms with Gasteiger partial charge >= 0.3 is 5.97 Å². The van der Waals surface area contributed by atoms with E-state index < -0.39 is 41.7 Å². The van der Waals surface area contributed by atoms with Gasteiger partial charge in [0.15, 0.2) is 0 Å². The minimum Gasteiger partial charge on any atom is -0.481 e. The van der Waals surface area contributed by atoms with E-state index in [0.717, 1.165) is 6.07 Å². The van der Waals surface area contributed by atoms with E-state index in [9.17, 15) is 29.0 Å². The first-order valence-corrected chi connectivity index (χ1v) is 10.4. The van der Waals surface area contributed by atoms with Crippen LogP contribution in [0.1, 0.15) is 0 Å². The highest BCUT2D eigenvalue weighted by molar-refractivity contribution is 6.30. The smallest absolute Gasteiger partial charge is 0.307 e. The molecule has 1 fully saturated rings. The number of halogens is 2. The Hall–Kier alpha value is -3.69. The van der Waals surface area contributed by atoms with E-state index in [1.807, 2.05) is 0 Å². The monoisotopic (exact) mass is 471 g/mol. The molecule has 1 saturated carbocycles. The third-order valence-electron chi connectivity index (χ3n) is 5.50. The number of carboxylic acid groups (broad SMARTS) is 1. The summed E-state index contributed by atoms with van der Waals surface area (Å²) >= 11 is 5.83. The number of aliphatic carboxylic acids is 1. The number of carboxylic acids is 1. The van der Waals surface area contributed by atoms with Crippen LogP contribution in [0.5, 0.6) is 0 Å². The first-order valence-electron chi connectivity index (χ1n) is 9.97. The molecule has 1 heterocycles. The third kappa shape index (κ3) is 4.74. The maximum atomic E-state index is 14.6. The number of pyridine rings is 1. The number of aliphatic hydroxyl groups is 1. The summed E-state index contributed by atoms with van der Waals surface area (Å²) in [7, 11) is 0. The number of carbonyl (C=O) groups is 2. The lowest BCUT2D eigenvalue weighted by Gasteiger charge is -2.14. The van der Waals surface area contributed by atoms with Crippen LogP contribution in [0.15, 0.2) is 71.7 Å². The Kier molecular flexibility index (Phi) is 6.17. The van der Waals surface area contributed by atoms with Crippen LogP contribution >= 0.6 is 11.6 Å². The second kappa shape index (κ2) is 9.05. The van der Waals surface area contributed by atoms with Crippen LogP contribution in [0.4, 0.5) is 15.8 Å². The van der Waals surface area contributed by atoms with Gasteiger partial charge in [0.1, 0.15) is 12.0 Å². The van der Waals surface area contributed by atoms with Crippen molar-refractivity contribution in [2.75, 3.05) is 10.6 Å². The number of aromatic nitrogens is 1. The molecule has 3 aromatic rings. The van der Waals surface area contributed by atoms with Crippen LogP contribution in [-0.4, -0.2) is 32.9 Å². The molecule has 1 aromatic heterocycles. The zero-order chi connectivity index (χ0) is 23.7. The summed E-state index contributed by atoms with van der Waals surface area (Å²) in [5.41, 5.74) is 0.259. The lowest BCUT2D eigenvalue weighted by molar-refractivity contribution is -0.140. The molecule has 1 amide bonds. The van der Waals surface area contributed by atoms with Crippen molar-refractivity contribution >= 4 is 34.9 Å². The summed E-state index contributed by atoms with van der Waals surface area (Å²) in [5, 5.41) is 25.6. The molecule has 170 valence electrons. The lowest BCUT2D eigenvalue weighted by Crippen LogP contribution is -2.25. The second-order valence-electron chi connectivity index (χ2n) is 7.63. The average Bonchev–Trinajstić information content (AvgIpc) is 3.54. The molecule has 33 heavy (non-hydrogen) atoms. The fraction of sp³-hybridized carbons (Fsp3) is 0.174. The number of aliphatic hydroxyl groups excluding tert-OH is 1. The number of nitrogens with one attached hydrogen (secondary N) is 2. The number of anilines is 2. The SMILES string of the molecule is O=C(O)[C@@H]1[C@@H](C(=O)Nc2ccc(-n3ccccc3=O)cc2F)[C@H]1C(O)Nc1ccc(Cl)cc1. The standard InChI is InChI=1S/C23H19ClFN3O5/c24-12-4-6-13(7-5-12)26-21(30)18-19(20(18)23(32)33)22(31)27-16-9-8-14(11-15(16)25)28-10-2-1-3-17(28)29/h1-11,18-21,26,30H,(H,27,31)(H,32,33)/t18-,19+,20+,21?/m1/s1. The molecule has 0 bridgehead atoms. The average molecular weight is 472 g/mol. The number of hydrogen-bond donors (Lipinski definition) is 4. The minimum atomic E-state index is -1.32. The highest BCUT2D eigenvalue weighted by atomic mass is 35.5. The van der Waals surface area contributed by atoms with Gasteiger partial charge in [-0.25, -0.2) is 4.39 Å². The quantitative estimate of drug-likeness (QED) is 0.393. The van der Waals surface area contributed by atoms with E-state index in [2.05, 4.69) is 10.6 Å². The van der Waals surface area contributed by atoms with Gasteiger partial charge in [-0.3, -0.25) is 19.0 Å². The van der Waals surface area contributed by atoms with Gasteiger partial charge in [0, 0.05) is 35.0 Å². The maximum absolute atomic E-state index is 14.6. The van der Waals surface area contributed by atoms with Gasteiger partial charge < -0.3 is 20.8 Å². The van der Waals surface area contributed by atoms with E-state index in [1.54, 1.807) is 36.4 Å². The van der Waals surface area contributed by atoms with Crippen molar-refractivity contribution in [3.63, 3.8) is 0 Å². The molecule has 0 aliphatic heterocycles. The number of amides is 1. The highest BCUT2D eigenvalue weighted by Crippen LogP contribution is 2.49. The number of carbonyl (C=O) groups excluding carboxylic acids is 1. The van der Waals surface area contributed by atoms with E-state index >= 15 is 0 Å². The summed E-state index contributed by atoms with van der Waals surface area (Å²) in [6.45, 7) is 0. The molecule has 0 spiro atoms. The lowest BCUT2D eigenvalue weighted by atomic mass is 10.2. The van der Waals surface area contributed by atoms with Crippen molar-refractivity contribution in [3.05, 3.63) is 88.1 Å². The fourth-order valence-electron chi connectivity index (χ4n) is 3.81. The predicted octanol–water partition coefficient (Wildman–Crippen LogP) is 2.95. The Morgan fingerprint density at radius 3 is 2.42 bits per heavy atom. The largest absolute Gasteiger partial charge is 0.481 e. The molecule has 10 heteroatoms. The van der Waals surface area contributed by atoms with Gasteiger partial charge in [0.05, 0.1) is 23.2 Å². The zero-order valence-corrected chi connectivity index (χ0v) is 17.7. The Labute approximate surface area is 192 Å². The molecule has 1 unspecified atom stereocenters. The van der Waals surface area contributed by atoms with Crippen molar-refractivity contribution in [2.45, 2.75) is 6.23 Å². The van der Waals surface area contributed by atoms with Crippen LogP contribution in [-0.2, 0) is 9.59 Å². The molecule has 4 atom stereocenters. The van der Waals surface area contributed by atoms with Crippen molar-refractivity contribution in [1.82, 2.24) is 4.57 Å². The van der Waals surface area contributed by atoms with Crippen molar-refractivity contribution in [1.29, 1.82) is 0 Å². The topological polar surface area (TPSA) is 121 Å². The molecule has 0 radical (unpaired) electrons. The predicted molar refractivity (Wildman–Crippen MR) is 120 cm³/mol. The molecule has 0 saturated heterocycles. The molecule has 1 aliphatic rings. The van der Waals surface area contributed by atoms with Gasteiger partial charge in [0.25, 0.3) is 5.56 Å².